The van der Waals surface area contributed by atoms with Crippen LogP contribution in [0.1, 0.15) is 31.7 Å². The molecule has 0 radical (unpaired) electrons. The van der Waals surface area contributed by atoms with Crippen LogP contribution in [-0.2, 0) is 11.3 Å². The highest BCUT2D eigenvalue weighted by atomic mass is 16.1. The molecule has 1 amide bonds. The Morgan fingerprint density at radius 2 is 2.10 bits per heavy atom. The second kappa shape index (κ2) is 7.57. The highest BCUT2D eigenvalue weighted by molar-refractivity contribution is 5.79. The van der Waals surface area contributed by atoms with Gasteiger partial charge in [-0.25, -0.2) is 0 Å². The Labute approximate surface area is 127 Å². The molecule has 21 heavy (non-hydrogen) atoms. The van der Waals surface area contributed by atoms with E-state index < -0.39 is 0 Å². The van der Waals surface area contributed by atoms with Gasteiger partial charge in [0, 0.05) is 31.1 Å². The Morgan fingerprint density at radius 3 is 2.71 bits per heavy atom. The third-order valence-electron chi connectivity index (χ3n) is 4.11. The predicted molar refractivity (Wildman–Crippen MR) is 85.7 cm³/mol. The maximum absolute atomic E-state index is 12.2. The summed E-state index contributed by atoms with van der Waals surface area (Å²) in [6, 6.07) is 10.7. The number of benzene rings is 1. The van der Waals surface area contributed by atoms with Crippen molar-refractivity contribution in [1.82, 2.24) is 10.2 Å². The van der Waals surface area contributed by atoms with Crippen LogP contribution in [0.3, 0.4) is 0 Å². The molecule has 1 aromatic rings. The van der Waals surface area contributed by atoms with Gasteiger partial charge in [0.15, 0.2) is 0 Å². The minimum atomic E-state index is 0.113. The second-order valence-electron chi connectivity index (χ2n) is 6.36. The monoisotopic (exact) mass is 289 g/mol. The van der Waals surface area contributed by atoms with E-state index in [-0.39, 0.29) is 23.9 Å². The van der Waals surface area contributed by atoms with E-state index in [9.17, 15) is 4.79 Å². The Morgan fingerprint density at radius 1 is 1.38 bits per heavy atom. The van der Waals surface area contributed by atoms with Gasteiger partial charge in [-0.1, -0.05) is 30.3 Å². The second-order valence-corrected chi connectivity index (χ2v) is 6.36. The summed E-state index contributed by atoms with van der Waals surface area (Å²) in [5.41, 5.74) is 7.16. The standard InChI is InChI=1S/C17H27N3O/c1-13(19-17(21)15-8-9-16(18)10-15)11-20(2)12-14-6-4-3-5-7-14/h3-7,13,15-16H,8-12,18H2,1-2H3,(H,19,21). The number of rotatable bonds is 6. The molecule has 4 nitrogen and oxygen atoms in total. The molecule has 0 bridgehead atoms. The zero-order valence-electron chi connectivity index (χ0n) is 13.1. The number of hydrogen-bond donors (Lipinski definition) is 2. The zero-order chi connectivity index (χ0) is 15.2. The fourth-order valence-corrected chi connectivity index (χ4v) is 3.09. The summed E-state index contributed by atoms with van der Waals surface area (Å²) in [7, 11) is 2.08. The lowest BCUT2D eigenvalue weighted by atomic mass is 10.1. The van der Waals surface area contributed by atoms with Crippen LogP contribution < -0.4 is 11.1 Å². The van der Waals surface area contributed by atoms with E-state index in [1.54, 1.807) is 0 Å². The average Bonchev–Trinajstić information content (AvgIpc) is 2.86. The molecular formula is C17H27N3O. The van der Waals surface area contributed by atoms with Gasteiger partial charge in [-0.2, -0.15) is 0 Å². The van der Waals surface area contributed by atoms with Crippen molar-refractivity contribution in [2.45, 2.75) is 44.8 Å². The molecule has 116 valence electrons. The topological polar surface area (TPSA) is 58.4 Å². The first kappa shape index (κ1) is 16.0. The molecule has 2 rings (SSSR count). The molecule has 0 aliphatic heterocycles. The lowest BCUT2D eigenvalue weighted by Crippen LogP contribution is -2.42. The van der Waals surface area contributed by atoms with Crippen LogP contribution in [0.4, 0.5) is 0 Å². The van der Waals surface area contributed by atoms with Gasteiger partial charge < -0.3 is 16.0 Å². The molecule has 3 unspecified atom stereocenters. The minimum absolute atomic E-state index is 0.113. The summed E-state index contributed by atoms with van der Waals surface area (Å²) >= 11 is 0. The van der Waals surface area contributed by atoms with E-state index in [0.717, 1.165) is 32.4 Å². The number of carbonyl (C=O) groups excluding carboxylic acids is 1. The lowest BCUT2D eigenvalue weighted by molar-refractivity contribution is -0.125. The van der Waals surface area contributed by atoms with Gasteiger partial charge >= 0.3 is 0 Å². The Balaban J connectivity index is 1.73. The van der Waals surface area contributed by atoms with Crippen molar-refractivity contribution in [3.63, 3.8) is 0 Å². The number of nitrogens with two attached hydrogens (primary N) is 1. The summed E-state index contributed by atoms with van der Waals surface area (Å²) in [4.78, 5) is 14.4. The number of nitrogens with one attached hydrogen (secondary N) is 1. The van der Waals surface area contributed by atoms with E-state index in [2.05, 4.69) is 48.5 Å². The van der Waals surface area contributed by atoms with E-state index in [1.807, 2.05) is 6.07 Å². The van der Waals surface area contributed by atoms with Crippen molar-refractivity contribution in [2.75, 3.05) is 13.6 Å². The number of carbonyl (C=O) groups is 1. The molecule has 0 aromatic heterocycles. The van der Waals surface area contributed by atoms with Gasteiger partial charge in [0.2, 0.25) is 5.91 Å². The summed E-state index contributed by atoms with van der Waals surface area (Å²) < 4.78 is 0. The molecule has 0 saturated heterocycles. The average molecular weight is 289 g/mol. The SMILES string of the molecule is CC(CN(C)Cc1ccccc1)NC(=O)C1CCC(N)C1. The number of amides is 1. The highest BCUT2D eigenvalue weighted by Gasteiger charge is 2.28. The molecule has 3 atom stereocenters. The summed E-state index contributed by atoms with van der Waals surface area (Å²) in [6.45, 7) is 3.81. The smallest absolute Gasteiger partial charge is 0.223 e. The van der Waals surface area contributed by atoms with Crippen LogP contribution in [0.5, 0.6) is 0 Å². The maximum Gasteiger partial charge on any atom is 0.223 e. The first-order chi connectivity index (χ1) is 10.0. The van der Waals surface area contributed by atoms with Gasteiger partial charge in [-0.05, 0) is 38.8 Å². The molecule has 0 heterocycles. The van der Waals surface area contributed by atoms with Crippen LogP contribution in [0.2, 0.25) is 0 Å². The zero-order valence-corrected chi connectivity index (χ0v) is 13.1. The molecule has 1 fully saturated rings. The Kier molecular flexibility index (Phi) is 5.76. The maximum atomic E-state index is 12.2. The van der Waals surface area contributed by atoms with Gasteiger partial charge in [0.1, 0.15) is 0 Å². The molecular weight excluding hydrogens is 262 g/mol. The highest BCUT2D eigenvalue weighted by Crippen LogP contribution is 2.24. The third-order valence-corrected chi connectivity index (χ3v) is 4.11. The molecule has 1 aliphatic carbocycles. The molecule has 1 aliphatic rings. The van der Waals surface area contributed by atoms with E-state index in [4.69, 9.17) is 5.73 Å². The number of hydrogen-bond acceptors (Lipinski definition) is 3. The number of likely N-dealkylation sites (N-methyl/N-ethyl adjacent to an activating group) is 1. The fourth-order valence-electron chi connectivity index (χ4n) is 3.09. The van der Waals surface area contributed by atoms with Gasteiger partial charge in [-0.15, -0.1) is 0 Å². The van der Waals surface area contributed by atoms with Gasteiger partial charge in [0.25, 0.3) is 0 Å². The van der Waals surface area contributed by atoms with Crippen molar-refractivity contribution in [2.24, 2.45) is 11.7 Å². The number of nitrogens with zero attached hydrogens (tertiary/aromatic N) is 1. The fraction of sp³-hybridized carbons (Fsp3) is 0.588. The van der Waals surface area contributed by atoms with Crippen molar-refractivity contribution >= 4 is 5.91 Å². The Bertz CT molecular complexity index is 449. The van der Waals surface area contributed by atoms with Crippen molar-refractivity contribution in [3.8, 4) is 0 Å². The van der Waals surface area contributed by atoms with E-state index in [0.29, 0.717) is 0 Å². The van der Waals surface area contributed by atoms with Crippen LogP contribution >= 0.6 is 0 Å². The first-order valence-corrected chi connectivity index (χ1v) is 7.83. The van der Waals surface area contributed by atoms with Crippen molar-refractivity contribution in [3.05, 3.63) is 35.9 Å². The molecule has 3 N–H and O–H groups in total. The molecule has 4 heteroatoms. The first-order valence-electron chi connectivity index (χ1n) is 7.83. The normalized spacial score (nSPS) is 23.2. The summed E-state index contributed by atoms with van der Waals surface area (Å²) in [5, 5.41) is 3.12. The summed E-state index contributed by atoms with van der Waals surface area (Å²) in [5.74, 6) is 0.283. The Hall–Kier alpha value is -1.39. The lowest BCUT2D eigenvalue weighted by Gasteiger charge is -2.23. The third kappa shape index (κ3) is 5.14. The van der Waals surface area contributed by atoms with Crippen LogP contribution in [-0.4, -0.2) is 36.5 Å². The molecule has 1 aromatic carbocycles. The van der Waals surface area contributed by atoms with E-state index in [1.165, 1.54) is 5.56 Å². The van der Waals surface area contributed by atoms with Crippen LogP contribution in [0.15, 0.2) is 30.3 Å². The molecule has 0 spiro atoms. The quantitative estimate of drug-likeness (QED) is 0.839. The van der Waals surface area contributed by atoms with Gasteiger partial charge in [-0.3, -0.25) is 4.79 Å². The van der Waals surface area contributed by atoms with Crippen LogP contribution in [0.25, 0.3) is 0 Å². The van der Waals surface area contributed by atoms with Crippen molar-refractivity contribution < 1.29 is 4.79 Å². The largest absolute Gasteiger partial charge is 0.352 e. The van der Waals surface area contributed by atoms with Crippen LogP contribution in [0, 0.1) is 5.92 Å². The van der Waals surface area contributed by atoms with Crippen molar-refractivity contribution in [1.29, 1.82) is 0 Å². The minimum Gasteiger partial charge on any atom is -0.352 e. The van der Waals surface area contributed by atoms with Gasteiger partial charge in [0.05, 0.1) is 0 Å². The molecule has 1 saturated carbocycles. The summed E-state index contributed by atoms with van der Waals surface area (Å²) in [6.07, 6.45) is 2.73. The van der Waals surface area contributed by atoms with E-state index >= 15 is 0 Å². The predicted octanol–water partition coefficient (Wildman–Crippen LogP) is 1.75.